The summed E-state index contributed by atoms with van der Waals surface area (Å²) in [4.78, 5) is 36.2. The molecule has 1 amide bonds. The van der Waals surface area contributed by atoms with Gasteiger partial charge in [-0.1, -0.05) is 80.8 Å². The van der Waals surface area contributed by atoms with Gasteiger partial charge in [0.25, 0.3) is 0 Å². The highest BCUT2D eigenvalue weighted by Gasteiger charge is 2.32. The number of carboxylic acid groups (broad SMARTS) is 2. The molecule has 0 spiro atoms. The molecule has 0 aromatic heterocycles. The molecule has 3 rings (SSSR count). The number of carbonyl (C=O) groups excluding carboxylic acids is 1. The van der Waals surface area contributed by atoms with Crippen LogP contribution in [0.4, 0.5) is 0 Å². The van der Waals surface area contributed by atoms with Gasteiger partial charge in [-0.15, -0.1) is 0 Å². The van der Waals surface area contributed by atoms with Crippen LogP contribution in [0.5, 0.6) is 0 Å². The summed E-state index contributed by atoms with van der Waals surface area (Å²) in [6, 6.07) is 17.7. The van der Waals surface area contributed by atoms with Gasteiger partial charge in [0.15, 0.2) is 0 Å². The van der Waals surface area contributed by atoms with E-state index in [4.69, 9.17) is 0 Å². The van der Waals surface area contributed by atoms with E-state index in [1.165, 1.54) is 0 Å². The molecule has 34 heavy (non-hydrogen) atoms. The summed E-state index contributed by atoms with van der Waals surface area (Å²) >= 11 is 0. The molecule has 3 atom stereocenters. The van der Waals surface area contributed by atoms with E-state index in [0.717, 1.165) is 48.8 Å². The average molecular weight is 466 g/mol. The van der Waals surface area contributed by atoms with Gasteiger partial charge in [-0.2, -0.15) is 0 Å². The van der Waals surface area contributed by atoms with E-state index in [1.54, 1.807) is 6.92 Å². The minimum absolute atomic E-state index is 0.0268. The zero-order valence-electron chi connectivity index (χ0n) is 19.8. The fraction of sp³-hybridized carbons (Fsp3) is 0.464. The van der Waals surface area contributed by atoms with Crippen LogP contribution in [0.3, 0.4) is 0 Å². The molecule has 1 unspecified atom stereocenters. The third kappa shape index (κ3) is 7.44. The van der Waals surface area contributed by atoms with Crippen molar-refractivity contribution in [2.24, 2.45) is 17.8 Å². The summed E-state index contributed by atoms with van der Waals surface area (Å²) < 4.78 is 0. The molecule has 0 radical (unpaired) electrons. The Labute approximate surface area is 201 Å². The highest BCUT2D eigenvalue weighted by molar-refractivity contribution is 5.82. The monoisotopic (exact) mass is 465 g/mol. The molecule has 1 saturated carbocycles. The molecule has 1 fully saturated rings. The first kappa shape index (κ1) is 25.5. The lowest BCUT2D eigenvalue weighted by molar-refractivity contribution is -0.146. The van der Waals surface area contributed by atoms with E-state index in [1.807, 2.05) is 54.6 Å². The van der Waals surface area contributed by atoms with Gasteiger partial charge in [-0.3, -0.25) is 14.4 Å². The maximum atomic E-state index is 12.9. The summed E-state index contributed by atoms with van der Waals surface area (Å²) in [6.07, 6.45) is 5.52. The predicted molar refractivity (Wildman–Crippen MR) is 131 cm³/mol. The van der Waals surface area contributed by atoms with Gasteiger partial charge >= 0.3 is 11.9 Å². The molecule has 3 N–H and O–H groups in total. The Bertz CT molecular complexity index is 951. The van der Waals surface area contributed by atoms with Crippen molar-refractivity contribution in [1.82, 2.24) is 5.32 Å². The Morgan fingerprint density at radius 1 is 0.882 bits per heavy atom. The van der Waals surface area contributed by atoms with Crippen LogP contribution in [0.25, 0.3) is 11.1 Å². The van der Waals surface area contributed by atoms with Crippen LogP contribution in [-0.4, -0.2) is 34.1 Å². The van der Waals surface area contributed by atoms with E-state index in [9.17, 15) is 24.6 Å². The molecule has 6 nitrogen and oxygen atoms in total. The summed E-state index contributed by atoms with van der Waals surface area (Å²) in [5.74, 6) is -3.44. The van der Waals surface area contributed by atoms with Gasteiger partial charge in [-0.05, 0) is 48.3 Å². The molecule has 0 bridgehead atoms. The first-order valence-electron chi connectivity index (χ1n) is 12.2. The van der Waals surface area contributed by atoms with Crippen LogP contribution >= 0.6 is 0 Å². The number of benzene rings is 2. The van der Waals surface area contributed by atoms with Crippen molar-refractivity contribution >= 4 is 17.8 Å². The van der Waals surface area contributed by atoms with Crippen LogP contribution in [0.15, 0.2) is 54.6 Å². The highest BCUT2D eigenvalue weighted by atomic mass is 16.4. The maximum absolute atomic E-state index is 12.9. The van der Waals surface area contributed by atoms with Gasteiger partial charge in [0.1, 0.15) is 0 Å². The zero-order valence-corrected chi connectivity index (χ0v) is 19.8. The van der Waals surface area contributed by atoms with E-state index >= 15 is 0 Å². The number of hydrogen-bond donors (Lipinski definition) is 3. The Hall–Kier alpha value is -3.15. The van der Waals surface area contributed by atoms with Crippen LogP contribution in [0.1, 0.15) is 57.4 Å². The third-order valence-corrected chi connectivity index (χ3v) is 6.91. The van der Waals surface area contributed by atoms with E-state index in [0.29, 0.717) is 6.42 Å². The Kier molecular flexibility index (Phi) is 9.25. The summed E-state index contributed by atoms with van der Waals surface area (Å²) in [5.41, 5.74) is 3.19. The number of carboxylic acids is 2. The lowest BCUT2D eigenvalue weighted by Gasteiger charge is -2.28. The molecule has 2 aromatic carbocycles. The molecular weight excluding hydrogens is 430 g/mol. The topological polar surface area (TPSA) is 104 Å². The van der Waals surface area contributed by atoms with Crippen molar-refractivity contribution < 1.29 is 24.6 Å². The quantitative estimate of drug-likeness (QED) is 0.425. The maximum Gasteiger partial charge on any atom is 0.307 e. The molecule has 0 saturated heterocycles. The van der Waals surface area contributed by atoms with E-state index < -0.39 is 23.8 Å². The lowest BCUT2D eigenvalue weighted by Crippen LogP contribution is -2.41. The fourth-order valence-corrected chi connectivity index (χ4v) is 4.95. The van der Waals surface area contributed by atoms with E-state index in [2.05, 4.69) is 5.32 Å². The van der Waals surface area contributed by atoms with Crippen molar-refractivity contribution in [2.75, 3.05) is 0 Å². The standard InChI is InChI=1S/C28H35NO5/c1-19(27(31)32)16-24(17-20-12-14-22(15-13-20)21-8-4-2-5-9-21)29-26(30)18-25(28(33)34)23-10-6-3-7-11-23/h2,4-5,8-9,12-15,19,23-25H,3,6-7,10-11,16-18H2,1H3,(H,29,30)(H,31,32)(H,33,34)/t19-,24+,25?/m1/s1. The summed E-state index contributed by atoms with van der Waals surface area (Å²) in [6.45, 7) is 1.63. The smallest absolute Gasteiger partial charge is 0.307 e. The summed E-state index contributed by atoms with van der Waals surface area (Å²) in [5, 5.41) is 22.1. The number of amides is 1. The second-order valence-electron chi connectivity index (χ2n) is 9.55. The van der Waals surface area contributed by atoms with Crippen LogP contribution in [-0.2, 0) is 20.8 Å². The second-order valence-corrected chi connectivity index (χ2v) is 9.55. The highest BCUT2D eigenvalue weighted by Crippen LogP contribution is 2.32. The average Bonchev–Trinajstić information content (AvgIpc) is 2.83. The van der Waals surface area contributed by atoms with Gasteiger partial charge in [0, 0.05) is 12.5 Å². The molecule has 0 heterocycles. The van der Waals surface area contributed by atoms with Crippen molar-refractivity contribution in [3.63, 3.8) is 0 Å². The predicted octanol–water partition coefficient (Wildman–Crippen LogP) is 5.16. The molecule has 1 aliphatic rings. The Morgan fingerprint density at radius 3 is 2.09 bits per heavy atom. The van der Waals surface area contributed by atoms with Crippen LogP contribution in [0, 0.1) is 17.8 Å². The van der Waals surface area contributed by atoms with Gasteiger partial charge < -0.3 is 15.5 Å². The van der Waals surface area contributed by atoms with Crippen molar-refractivity contribution in [1.29, 1.82) is 0 Å². The Balaban J connectivity index is 1.68. The van der Waals surface area contributed by atoms with Crippen molar-refractivity contribution in [3.8, 4) is 11.1 Å². The third-order valence-electron chi connectivity index (χ3n) is 6.91. The molecule has 182 valence electrons. The number of aliphatic carboxylic acids is 2. The number of carbonyl (C=O) groups is 3. The summed E-state index contributed by atoms with van der Waals surface area (Å²) in [7, 11) is 0. The van der Waals surface area contributed by atoms with Gasteiger partial charge in [0.2, 0.25) is 5.91 Å². The SMILES string of the molecule is C[C@H](C[C@@H](Cc1ccc(-c2ccccc2)cc1)NC(=O)CC(C(=O)O)C1CCCCC1)C(=O)O. The van der Waals surface area contributed by atoms with Crippen molar-refractivity contribution in [2.45, 2.75) is 64.3 Å². The van der Waals surface area contributed by atoms with Crippen molar-refractivity contribution in [3.05, 3.63) is 60.2 Å². The first-order chi connectivity index (χ1) is 16.3. The lowest BCUT2D eigenvalue weighted by atomic mass is 9.78. The van der Waals surface area contributed by atoms with Gasteiger partial charge in [0.05, 0.1) is 11.8 Å². The normalized spacial score (nSPS) is 16.9. The van der Waals surface area contributed by atoms with Crippen LogP contribution < -0.4 is 5.32 Å². The van der Waals surface area contributed by atoms with Gasteiger partial charge in [-0.25, -0.2) is 0 Å². The number of rotatable bonds is 11. The number of hydrogen-bond acceptors (Lipinski definition) is 3. The minimum atomic E-state index is -0.922. The molecule has 0 aliphatic heterocycles. The zero-order chi connectivity index (χ0) is 24.5. The van der Waals surface area contributed by atoms with E-state index in [-0.39, 0.29) is 30.7 Å². The Morgan fingerprint density at radius 2 is 1.50 bits per heavy atom. The molecule has 6 heteroatoms. The molecule has 2 aromatic rings. The largest absolute Gasteiger partial charge is 0.481 e. The number of nitrogens with one attached hydrogen (secondary N) is 1. The molecular formula is C28H35NO5. The molecule has 1 aliphatic carbocycles. The fourth-order valence-electron chi connectivity index (χ4n) is 4.95. The second kappa shape index (κ2) is 12.4. The minimum Gasteiger partial charge on any atom is -0.481 e. The van der Waals surface area contributed by atoms with Crippen LogP contribution in [0.2, 0.25) is 0 Å². The first-order valence-corrected chi connectivity index (χ1v) is 12.2.